The summed E-state index contributed by atoms with van der Waals surface area (Å²) in [5.41, 5.74) is 34.7. The van der Waals surface area contributed by atoms with Gasteiger partial charge in [0, 0.05) is 49.3 Å². The van der Waals surface area contributed by atoms with Gasteiger partial charge in [0.1, 0.15) is 0 Å². The molecule has 0 fully saturated rings. The number of hydrogen-bond acceptors (Lipinski definition) is 2. The van der Waals surface area contributed by atoms with Gasteiger partial charge in [0.05, 0.1) is 55.8 Å². The lowest BCUT2D eigenvalue weighted by molar-refractivity contribution is 0.794. The Morgan fingerprint density at radius 1 is 0.210 bits per heavy atom. The summed E-state index contributed by atoms with van der Waals surface area (Å²) in [6.45, 7) is 0. The highest BCUT2D eigenvalue weighted by Gasteiger charge is 2.53. The Balaban J connectivity index is 0.770. The molecular formula is C96H56N4. The van der Waals surface area contributed by atoms with Crippen LogP contribution in [0.25, 0.3) is 166 Å². The smallest absolute Gasteiger partial charge is 0.0979 e. The molecule has 0 radical (unpaired) electrons. The third kappa shape index (κ3) is 6.93. The van der Waals surface area contributed by atoms with Crippen LogP contribution < -0.4 is 0 Å². The fourth-order valence-corrected chi connectivity index (χ4v) is 19.2. The van der Waals surface area contributed by atoms with Crippen molar-refractivity contribution in [2.75, 3.05) is 0 Å². The zero-order valence-corrected chi connectivity index (χ0v) is 54.1. The van der Waals surface area contributed by atoms with E-state index in [9.17, 15) is 0 Å². The van der Waals surface area contributed by atoms with E-state index >= 15 is 0 Å². The van der Waals surface area contributed by atoms with E-state index in [1.54, 1.807) is 0 Å². The maximum Gasteiger partial charge on any atom is 0.0979 e. The molecule has 4 heteroatoms. The molecule has 0 atom stereocenters. The van der Waals surface area contributed by atoms with E-state index in [1.165, 1.54) is 111 Å². The van der Waals surface area contributed by atoms with Crippen LogP contribution >= 0.6 is 0 Å². The van der Waals surface area contributed by atoms with Crippen LogP contribution in [0.5, 0.6) is 0 Å². The second-order valence-corrected chi connectivity index (χ2v) is 27.7. The van der Waals surface area contributed by atoms with Crippen LogP contribution in [-0.2, 0) is 10.8 Å². The van der Waals surface area contributed by atoms with Crippen molar-refractivity contribution in [3.05, 3.63) is 384 Å². The molecule has 3 heterocycles. The molecule has 3 aromatic heterocycles. The van der Waals surface area contributed by atoms with Gasteiger partial charge in [0.2, 0.25) is 0 Å². The summed E-state index contributed by atoms with van der Waals surface area (Å²) in [5.74, 6) is 0. The Labute approximate surface area is 576 Å². The van der Waals surface area contributed by atoms with E-state index < -0.39 is 10.8 Å². The van der Waals surface area contributed by atoms with Gasteiger partial charge in [-0.15, -0.1) is 0 Å². The average Bonchev–Trinajstić information content (AvgIpc) is 1.52. The van der Waals surface area contributed by atoms with E-state index in [0.29, 0.717) is 0 Å². The van der Waals surface area contributed by atoms with E-state index in [2.05, 4.69) is 343 Å². The first-order chi connectivity index (χ1) is 49.6. The van der Waals surface area contributed by atoms with Crippen LogP contribution in [0, 0.1) is 0 Å². The van der Waals surface area contributed by atoms with Gasteiger partial charge in [-0.05, 0) is 189 Å². The lowest BCUT2D eigenvalue weighted by atomic mass is 9.70. The first-order valence-corrected chi connectivity index (χ1v) is 34.8. The lowest BCUT2D eigenvalue weighted by Gasteiger charge is -2.30. The SMILES string of the molecule is c1ccc2c(c1)-c1ccccc1C21c2ccccc2-c2ccc(-c3ccc4c5ccc(-c6ccc7c(c6)C6(c8ccccc8-c8ccccc86)c6ccccc6-7)cc5c5nc(-c6cc(-n7c8ccccc8c8ccccc87)cc(-n7c8ccccc8c8ccccc87)c6)cnc5c4c3)cc21. The number of para-hydroxylation sites is 4. The summed E-state index contributed by atoms with van der Waals surface area (Å²) < 4.78 is 4.87. The van der Waals surface area contributed by atoms with Crippen molar-refractivity contribution >= 4 is 76.2 Å². The highest BCUT2D eigenvalue weighted by atomic mass is 15.0. The second-order valence-electron chi connectivity index (χ2n) is 27.7. The number of rotatable bonds is 5. The summed E-state index contributed by atoms with van der Waals surface area (Å²) in [7, 11) is 0. The normalized spacial score (nSPS) is 13.8. The summed E-state index contributed by atoms with van der Waals surface area (Å²) in [4.78, 5) is 11.8. The maximum absolute atomic E-state index is 6.03. The predicted octanol–water partition coefficient (Wildman–Crippen LogP) is 23.8. The van der Waals surface area contributed by atoms with E-state index in [4.69, 9.17) is 9.97 Å². The van der Waals surface area contributed by atoms with Gasteiger partial charge in [0.15, 0.2) is 0 Å². The molecule has 16 aromatic carbocycles. The van der Waals surface area contributed by atoms with Crippen LogP contribution in [0.15, 0.2) is 340 Å². The fraction of sp³-hybridized carbons (Fsp3) is 0.0208. The second kappa shape index (κ2) is 19.8. The summed E-state index contributed by atoms with van der Waals surface area (Å²) in [5, 5.41) is 9.20. The van der Waals surface area contributed by atoms with Crippen LogP contribution in [0.2, 0.25) is 0 Å². The molecule has 23 rings (SSSR count). The standard InChI is InChI=1S/C96H56N4/c1-11-31-80-66(21-1)67-22-2-12-32-81(67)95(80)84-35-15-5-25-70(84)72-47-43-59(53-86(72)95)57-41-45-64-65-46-42-58(60-44-48-73-71-26-6-16-36-85(71)96(87(73)54-60)82-33-13-3-23-68(82)69-24-4-14-34-83(69)96)52-79(65)94-93(78(64)51-57)97-56-88(98-94)61-49-62(99-89-37-17-7-27-74(89)75-28-8-18-38-90(75)99)55-63(50-61)100-91-39-19-9-29-76(91)77-30-10-20-40-92(77)100/h1-56H. The van der Waals surface area contributed by atoms with Crippen molar-refractivity contribution in [1.29, 1.82) is 0 Å². The molecule has 19 aromatic rings. The molecule has 0 saturated heterocycles. The predicted molar refractivity (Wildman–Crippen MR) is 412 cm³/mol. The monoisotopic (exact) mass is 1260 g/mol. The first-order valence-electron chi connectivity index (χ1n) is 34.8. The van der Waals surface area contributed by atoms with E-state index in [1.807, 2.05) is 6.20 Å². The van der Waals surface area contributed by atoms with Gasteiger partial charge < -0.3 is 9.13 Å². The quantitative estimate of drug-likeness (QED) is 0.161. The maximum atomic E-state index is 6.03. The van der Waals surface area contributed by atoms with E-state index in [0.717, 1.165) is 99.5 Å². The van der Waals surface area contributed by atoms with E-state index in [-0.39, 0.29) is 0 Å². The molecular weight excluding hydrogens is 1210 g/mol. The largest absolute Gasteiger partial charge is 0.309 e. The van der Waals surface area contributed by atoms with Gasteiger partial charge >= 0.3 is 0 Å². The lowest BCUT2D eigenvalue weighted by Crippen LogP contribution is -2.25. The van der Waals surface area contributed by atoms with Crippen LogP contribution in [-0.4, -0.2) is 19.1 Å². The van der Waals surface area contributed by atoms with Crippen molar-refractivity contribution in [3.8, 4) is 89.4 Å². The highest BCUT2D eigenvalue weighted by molar-refractivity contribution is 6.24. The van der Waals surface area contributed by atoms with Crippen LogP contribution in [0.4, 0.5) is 0 Å². The topological polar surface area (TPSA) is 35.6 Å². The van der Waals surface area contributed by atoms with Gasteiger partial charge in [-0.3, -0.25) is 4.98 Å². The summed E-state index contributed by atoms with van der Waals surface area (Å²) in [6, 6.07) is 125. The molecule has 4 aliphatic carbocycles. The third-order valence-corrected chi connectivity index (χ3v) is 23.1. The molecule has 0 saturated carbocycles. The fourth-order valence-electron chi connectivity index (χ4n) is 19.2. The van der Waals surface area contributed by atoms with Crippen molar-refractivity contribution in [2.24, 2.45) is 0 Å². The minimum Gasteiger partial charge on any atom is -0.309 e. The Kier molecular flexibility index (Phi) is 10.7. The Hall–Kier alpha value is -13.0. The Bertz CT molecular complexity index is 6510. The van der Waals surface area contributed by atoms with Crippen LogP contribution in [0.1, 0.15) is 44.5 Å². The average molecular weight is 1270 g/mol. The summed E-state index contributed by atoms with van der Waals surface area (Å²) in [6.07, 6.45) is 2.03. The molecule has 0 amide bonds. The molecule has 2 spiro atoms. The molecule has 4 nitrogen and oxygen atoms in total. The Morgan fingerprint density at radius 3 is 0.880 bits per heavy atom. The Morgan fingerprint density at radius 2 is 0.510 bits per heavy atom. The molecule has 460 valence electrons. The molecule has 0 N–H and O–H groups in total. The number of fused-ring (bicyclic) bond motifs is 32. The van der Waals surface area contributed by atoms with Crippen molar-refractivity contribution in [2.45, 2.75) is 10.8 Å². The minimum absolute atomic E-state index is 0.468. The number of benzene rings is 16. The molecule has 0 unspecified atom stereocenters. The highest BCUT2D eigenvalue weighted by Crippen LogP contribution is 2.65. The minimum atomic E-state index is -0.478. The molecule has 0 aliphatic heterocycles. The number of nitrogens with zero attached hydrogens (tertiary/aromatic N) is 4. The number of hydrogen-bond donors (Lipinski definition) is 0. The summed E-state index contributed by atoms with van der Waals surface area (Å²) >= 11 is 0. The van der Waals surface area contributed by atoms with Crippen LogP contribution in [0.3, 0.4) is 0 Å². The molecule has 100 heavy (non-hydrogen) atoms. The number of aromatic nitrogens is 4. The van der Waals surface area contributed by atoms with Crippen molar-refractivity contribution in [1.82, 2.24) is 19.1 Å². The zero-order chi connectivity index (χ0) is 65.1. The van der Waals surface area contributed by atoms with Gasteiger partial charge in [-0.1, -0.05) is 267 Å². The van der Waals surface area contributed by atoms with Crippen molar-refractivity contribution in [3.63, 3.8) is 0 Å². The van der Waals surface area contributed by atoms with Gasteiger partial charge in [-0.2, -0.15) is 0 Å². The van der Waals surface area contributed by atoms with Gasteiger partial charge in [0.25, 0.3) is 0 Å². The van der Waals surface area contributed by atoms with Crippen molar-refractivity contribution < 1.29 is 0 Å². The molecule has 4 aliphatic rings. The zero-order valence-electron chi connectivity index (χ0n) is 54.1. The van der Waals surface area contributed by atoms with Gasteiger partial charge in [-0.25, -0.2) is 4.98 Å². The molecule has 0 bridgehead atoms. The first kappa shape index (κ1) is 54.1. The third-order valence-electron chi connectivity index (χ3n) is 23.1.